The van der Waals surface area contributed by atoms with Crippen LogP contribution < -0.4 is 11.5 Å². The van der Waals surface area contributed by atoms with Gasteiger partial charge in [0.15, 0.2) is 0 Å². The molecule has 0 aromatic heterocycles. The molecule has 0 unspecified atom stereocenters. The molecule has 0 radical (unpaired) electrons. The van der Waals surface area contributed by atoms with Crippen LogP contribution in [0.3, 0.4) is 0 Å². The molecule has 0 saturated heterocycles. The molecule has 0 aliphatic heterocycles. The first-order valence-electron chi connectivity index (χ1n) is 10.3. The Morgan fingerprint density at radius 2 is 1.00 bits per heavy atom. The maximum Gasteiger partial charge on any atom is 0.138 e. The molecule has 0 heterocycles. The first-order chi connectivity index (χ1) is 13.8. The van der Waals surface area contributed by atoms with Gasteiger partial charge in [-0.05, 0) is 49.7 Å². The summed E-state index contributed by atoms with van der Waals surface area (Å²) in [6, 6.07) is 0. The van der Waals surface area contributed by atoms with Crippen molar-refractivity contribution in [1.29, 1.82) is 0 Å². The molecule has 0 aliphatic carbocycles. The highest BCUT2D eigenvalue weighted by atomic mass is 16.3. The minimum atomic E-state index is 0.0625. The first kappa shape index (κ1) is 32.1. The number of rotatable bonds is 8. The summed E-state index contributed by atoms with van der Waals surface area (Å²) in [5, 5.41) is 17.8. The fraction of sp³-hybridized carbons (Fsp3) is 0.462. The molecule has 0 saturated carbocycles. The summed E-state index contributed by atoms with van der Waals surface area (Å²) in [6.07, 6.45) is 16.2. The molecule has 0 fully saturated rings. The molecule has 6 N–H and O–H groups in total. The van der Waals surface area contributed by atoms with E-state index in [1.54, 1.807) is 26.0 Å². The van der Waals surface area contributed by atoms with Gasteiger partial charge < -0.3 is 21.7 Å². The van der Waals surface area contributed by atoms with Crippen molar-refractivity contribution in [3.8, 4) is 0 Å². The highest BCUT2D eigenvalue weighted by molar-refractivity contribution is 5.24. The van der Waals surface area contributed by atoms with Crippen molar-refractivity contribution in [2.75, 3.05) is 0 Å². The molecule has 30 heavy (non-hydrogen) atoms. The van der Waals surface area contributed by atoms with Gasteiger partial charge in [-0.2, -0.15) is 0 Å². The molecule has 0 aromatic rings. The van der Waals surface area contributed by atoms with Crippen LogP contribution in [0.4, 0.5) is 0 Å². The Bertz CT molecular complexity index is 590. The monoisotopic (exact) mass is 418 g/mol. The third-order valence-corrected chi connectivity index (χ3v) is 4.57. The smallest absolute Gasteiger partial charge is 0.138 e. The maximum absolute atomic E-state index is 8.91. The zero-order valence-corrected chi connectivity index (χ0v) is 20.5. The van der Waals surface area contributed by atoms with E-state index in [-0.39, 0.29) is 11.5 Å². The fourth-order valence-electron chi connectivity index (χ4n) is 1.40. The number of hydrogen-bond donors (Lipinski definition) is 4. The summed E-state index contributed by atoms with van der Waals surface area (Å²) in [5.74, 6) is 0.125. The molecule has 0 bridgehead atoms. The van der Waals surface area contributed by atoms with Crippen molar-refractivity contribution in [1.82, 2.24) is 0 Å². The van der Waals surface area contributed by atoms with Crippen LogP contribution in [0, 0.1) is 10.8 Å². The molecule has 172 valence electrons. The van der Waals surface area contributed by atoms with E-state index < -0.39 is 0 Å². The average Bonchev–Trinajstić information content (AvgIpc) is 2.72. The molecular weight excluding hydrogens is 372 g/mol. The van der Waals surface area contributed by atoms with E-state index in [4.69, 9.17) is 21.7 Å². The summed E-state index contributed by atoms with van der Waals surface area (Å²) in [7, 11) is 0. The Hall–Kier alpha value is -2.62. The highest BCUT2D eigenvalue weighted by Gasteiger charge is 2.14. The van der Waals surface area contributed by atoms with Crippen molar-refractivity contribution in [2.45, 2.75) is 68.2 Å². The van der Waals surface area contributed by atoms with E-state index >= 15 is 0 Å². The molecule has 0 rings (SSSR count). The largest absolute Gasteiger partial charge is 0.506 e. The van der Waals surface area contributed by atoms with Crippen molar-refractivity contribution < 1.29 is 10.2 Å². The SMILES string of the molecule is C=C/C=C(O)\C(N)=C/C.C=C/C=C(O)\C(N)=C/C.CCC(C)(C)/C=C/C(C)(C)CC. The van der Waals surface area contributed by atoms with Gasteiger partial charge in [0.05, 0.1) is 11.4 Å². The zero-order valence-electron chi connectivity index (χ0n) is 20.5. The lowest BCUT2D eigenvalue weighted by Gasteiger charge is -2.22. The predicted octanol–water partition coefficient (Wildman–Crippen LogP) is 7.37. The second-order valence-corrected chi connectivity index (χ2v) is 8.08. The standard InChI is InChI=1S/C12H24.2C7H11NO/c1-7-11(3,4)9-10-12(5,6)8-2;2*1-3-5-7(9)6(8)4-2/h9-10H,7-8H2,1-6H3;2*3-5,9H,1,8H2,2H3/b10-9+;2*6-4+,7-5+. The van der Waals surface area contributed by atoms with Gasteiger partial charge in [-0.1, -0.05) is 91.2 Å². The van der Waals surface area contributed by atoms with Crippen LogP contribution in [-0.4, -0.2) is 10.2 Å². The van der Waals surface area contributed by atoms with Gasteiger partial charge in [0, 0.05) is 0 Å². The average molecular weight is 419 g/mol. The van der Waals surface area contributed by atoms with Crippen molar-refractivity contribution in [3.63, 3.8) is 0 Å². The number of nitrogens with two attached hydrogens (primary N) is 2. The van der Waals surface area contributed by atoms with Gasteiger partial charge in [0.25, 0.3) is 0 Å². The minimum absolute atomic E-state index is 0.0625. The summed E-state index contributed by atoms with van der Waals surface area (Å²) in [6.45, 7) is 23.9. The molecule has 0 aliphatic rings. The van der Waals surface area contributed by atoms with Crippen LogP contribution >= 0.6 is 0 Å². The summed E-state index contributed by atoms with van der Waals surface area (Å²) in [5.41, 5.74) is 12.1. The van der Waals surface area contributed by atoms with Crippen LogP contribution in [0.5, 0.6) is 0 Å². The summed E-state index contributed by atoms with van der Waals surface area (Å²) < 4.78 is 0. The van der Waals surface area contributed by atoms with Gasteiger partial charge >= 0.3 is 0 Å². The molecular formula is C26H46N2O2. The van der Waals surface area contributed by atoms with E-state index in [1.807, 2.05) is 0 Å². The van der Waals surface area contributed by atoms with Gasteiger partial charge in [0.1, 0.15) is 11.5 Å². The second kappa shape index (κ2) is 17.3. The Morgan fingerprint density at radius 3 is 1.17 bits per heavy atom. The van der Waals surface area contributed by atoms with Crippen LogP contribution in [0.15, 0.2) is 84.7 Å². The normalized spacial score (nSPS) is 13.7. The van der Waals surface area contributed by atoms with Gasteiger partial charge in [-0.3, -0.25) is 0 Å². The van der Waals surface area contributed by atoms with Crippen molar-refractivity contribution in [2.24, 2.45) is 22.3 Å². The summed E-state index contributed by atoms with van der Waals surface area (Å²) >= 11 is 0. The zero-order chi connectivity index (χ0) is 24.4. The second-order valence-electron chi connectivity index (χ2n) is 8.08. The number of aliphatic hydroxyl groups is 2. The van der Waals surface area contributed by atoms with E-state index in [9.17, 15) is 0 Å². The van der Waals surface area contributed by atoms with Crippen LogP contribution in [0.2, 0.25) is 0 Å². The number of hydrogen-bond acceptors (Lipinski definition) is 4. The Morgan fingerprint density at radius 1 is 0.733 bits per heavy atom. The Labute approximate surface area is 185 Å². The van der Waals surface area contributed by atoms with E-state index in [0.717, 1.165) is 0 Å². The topological polar surface area (TPSA) is 92.5 Å². The maximum atomic E-state index is 8.91. The van der Waals surface area contributed by atoms with Crippen LogP contribution in [0.25, 0.3) is 0 Å². The van der Waals surface area contributed by atoms with E-state index in [0.29, 0.717) is 22.2 Å². The fourth-order valence-corrected chi connectivity index (χ4v) is 1.40. The van der Waals surface area contributed by atoms with Gasteiger partial charge in [-0.25, -0.2) is 0 Å². The lowest BCUT2D eigenvalue weighted by Crippen LogP contribution is -2.10. The lowest BCUT2D eigenvalue weighted by molar-refractivity contribution is 0.421. The van der Waals surface area contributed by atoms with E-state index in [1.165, 1.54) is 37.1 Å². The molecule has 4 heteroatoms. The van der Waals surface area contributed by atoms with Crippen molar-refractivity contribution >= 4 is 0 Å². The minimum Gasteiger partial charge on any atom is -0.506 e. The van der Waals surface area contributed by atoms with Crippen molar-refractivity contribution in [3.05, 3.63) is 84.7 Å². The number of allylic oxidation sites excluding steroid dienone is 8. The summed E-state index contributed by atoms with van der Waals surface area (Å²) in [4.78, 5) is 0. The third-order valence-electron chi connectivity index (χ3n) is 4.57. The molecule has 4 nitrogen and oxygen atoms in total. The third kappa shape index (κ3) is 18.7. The van der Waals surface area contributed by atoms with E-state index in [2.05, 4.69) is 66.9 Å². The Balaban J connectivity index is -0.000000371. The molecule has 0 spiro atoms. The quantitative estimate of drug-likeness (QED) is 0.188. The molecule has 0 aromatic carbocycles. The van der Waals surface area contributed by atoms with Crippen LogP contribution in [0.1, 0.15) is 68.2 Å². The lowest BCUT2D eigenvalue weighted by atomic mass is 9.83. The molecule has 0 atom stereocenters. The van der Waals surface area contributed by atoms with Crippen LogP contribution in [-0.2, 0) is 0 Å². The molecule has 0 amide bonds. The predicted molar refractivity (Wildman–Crippen MR) is 135 cm³/mol. The van der Waals surface area contributed by atoms with Gasteiger partial charge in [0.2, 0.25) is 0 Å². The van der Waals surface area contributed by atoms with Gasteiger partial charge in [-0.15, -0.1) is 0 Å². The Kier molecular flexibility index (Phi) is 18.4. The highest BCUT2D eigenvalue weighted by Crippen LogP contribution is 2.27. The number of aliphatic hydroxyl groups excluding tert-OH is 2. The first-order valence-corrected chi connectivity index (χ1v) is 10.3.